The molecule has 2 heterocycles. The highest BCUT2D eigenvalue weighted by Gasteiger charge is 2.30. The molecule has 1 aromatic carbocycles. The second-order valence-electron chi connectivity index (χ2n) is 5.78. The molecule has 1 N–H and O–H groups in total. The molecule has 0 saturated carbocycles. The number of carbonyl (C=O) groups excluding carboxylic acids is 1. The number of carbonyl (C=O) groups is 1. The Morgan fingerprint density at radius 3 is 3.05 bits per heavy atom. The van der Waals surface area contributed by atoms with E-state index in [-0.39, 0.29) is 5.91 Å². The second kappa shape index (κ2) is 5.33. The Hall–Kier alpha value is -1.35. The lowest BCUT2D eigenvalue weighted by atomic mass is 10.1. The van der Waals surface area contributed by atoms with Gasteiger partial charge in [-0.3, -0.25) is 4.79 Å². The summed E-state index contributed by atoms with van der Waals surface area (Å²) in [5, 5.41) is 3.46. The van der Waals surface area contributed by atoms with Gasteiger partial charge in [0, 0.05) is 24.2 Å². The van der Waals surface area contributed by atoms with Crippen LogP contribution in [0.25, 0.3) is 0 Å². The Balaban J connectivity index is 1.66. The van der Waals surface area contributed by atoms with Crippen LogP contribution in [0.2, 0.25) is 0 Å². The van der Waals surface area contributed by atoms with E-state index in [0.717, 1.165) is 25.1 Å². The normalized spacial score (nSPS) is 25.6. The average molecular weight is 258 g/mol. The molecule has 2 aliphatic rings. The van der Waals surface area contributed by atoms with Crippen LogP contribution in [0.5, 0.6) is 0 Å². The van der Waals surface area contributed by atoms with Gasteiger partial charge < -0.3 is 10.2 Å². The summed E-state index contributed by atoms with van der Waals surface area (Å²) in [6.45, 7) is 3.26. The summed E-state index contributed by atoms with van der Waals surface area (Å²) in [5.41, 5.74) is 2.43. The SMILES string of the molecule is CC1Cc2ccccc2N1C(=O)CCC1CCCN1. The molecule has 2 unspecified atom stereocenters. The first-order valence-electron chi connectivity index (χ1n) is 7.39. The molecular weight excluding hydrogens is 236 g/mol. The average Bonchev–Trinajstić information content (AvgIpc) is 3.02. The summed E-state index contributed by atoms with van der Waals surface area (Å²) >= 11 is 0. The first-order valence-corrected chi connectivity index (χ1v) is 7.39. The number of benzene rings is 1. The van der Waals surface area contributed by atoms with Gasteiger partial charge in [-0.15, -0.1) is 0 Å². The highest BCUT2D eigenvalue weighted by Crippen LogP contribution is 2.32. The van der Waals surface area contributed by atoms with E-state index < -0.39 is 0 Å². The van der Waals surface area contributed by atoms with Crippen molar-refractivity contribution in [2.24, 2.45) is 0 Å². The van der Waals surface area contributed by atoms with Crippen LogP contribution in [-0.2, 0) is 11.2 Å². The third-order valence-corrected chi connectivity index (χ3v) is 4.34. The Bertz CT molecular complexity index is 466. The molecule has 0 aromatic heterocycles. The minimum absolute atomic E-state index is 0.283. The van der Waals surface area contributed by atoms with Crippen molar-refractivity contribution in [2.75, 3.05) is 11.4 Å². The molecule has 1 fully saturated rings. The lowest BCUT2D eigenvalue weighted by Crippen LogP contribution is -2.36. The highest BCUT2D eigenvalue weighted by atomic mass is 16.2. The molecule has 2 aliphatic heterocycles. The Kier molecular flexibility index (Phi) is 3.56. The molecule has 1 saturated heterocycles. The van der Waals surface area contributed by atoms with Gasteiger partial charge >= 0.3 is 0 Å². The predicted octanol–water partition coefficient (Wildman–Crippen LogP) is 2.50. The molecule has 0 radical (unpaired) electrons. The highest BCUT2D eigenvalue weighted by molar-refractivity contribution is 5.96. The van der Waals surface area contributed by atoms with Crippen molar-refractivity contribution >= 4 is 11.6 Å². The van der Waals surface area contributed by atoms with Gasteiger partial charge in [0.1, 0.15) is 0 Å². The largest absolute Gasteiger partial charge is 0.314 e. The zero-order chi connectivity index (χ0) is 13.2. The summed E-state index contributed by atoms with van der Waals surface area (Å²) in [5.74, 6) is 0.283. The van der Waals surface area contributed by atoms with E-state index in [1.165, 1.54) is 18.4 Å². The molecule has 0 aliphatic carbocycles. The van der Waals surface area contributed by atoms with Crippen LogP contribution in [0.4, 0.5) is 5.69 Å². The minimum atomic E-state index is 0.283. The van der Waals surface area contributed by atoms with E-state index in [9.17, 15) is 4.79 Å². The van der Waals surface area contributed by atoms with Crippen molar-refractivity contribution in [2.45, 2.75) is 51.1 Å². The standard InChI is InChI=1S/C16H22N2O/c1-12-11-13-5-2-3-7-15(13)18(12)16(19)9-8-14-6-4-10-17-14/h2-3,5,7,12,14,17H,4,6,8-11H2,1H3. The fourth-order valence-electron chi connectivity index (χ4n) is 3.37. The molecule has 0 bridgehead atoms. The van der Waals surface area contributed by atoms with Gasteiger partial charge in [0.25, 0.3) is 0 Å². The molecule has 1 amide bonds. The van der Waals surface area contributed by atoms with Crippen molar-refractivity contribution in [1.82, 2.24) is 5.32 Å². The Morgan fingerprint density at radius 2 is 2.26 bits per heavy atom. The van der Waals surface area contributed by atoms with Gasteiger partial charge in [-0.05, 0) is 50.8 Å². The van der Waals surface area contributed by atoms with Crippen LogP contribution in [0.15, 0.2) is 24.3 Å². The lowest BCUT2D eigenvalue weighted by molar-refractivity contribution is -0.119. The van der Waals surface area contributed by atoms with Gasteiger partial charge in [0.15, 0.2) is 0 Å². The predicted molar refractivity (Wildman–Crippen MR) is 77.4 cm³/mol. The summed E-state index contributed by atoms with van der Waals surface area (Å²) in [7, 11) is 0. The van der Waals surface area contributed by atoms with E-state index in [0.29, 0.717) is 18.5 Å². The van der Waals surface area contributed by atoms with Gasteiger partial charge in [0.2, 0.25) is 5.91 Å². The van der Waals surface area contributed by atoms with Crippen molar-refractivity contribution < 1.29 is 4.79 Å². The Labute approximate surface area is 115 Å². The molecule has 0 spiro atoms. The van der Waals surface area contributed by atoms with Crippen LogP contribution < -0.4 is 10.2 Å². The third kappa shape index (κ3) is 2.52. The molecule has 102 valence electrons. The van der Waals surface area contributed by atoms with E-state index >= 15 is 0 Å². The summed E-state index contributed by atoms with van der Waals surface area (Å²) in [6.07, 6.45) is 5.10. The monoisotopic (exact) mass is 258 g/mol. The van der Waals surface area contributed by atoms with Crippen molar-refractivity contribution in [3.8, 4) is 0 Å². The van der Waals surface area contributed by atoms with E-state index in [2.05, 4.69) is 30.4 Å². The van der Waals surface area contributed by atoms with Crippen molar-refractivity contribution in [3.63, 3.8) is 0 Å². The number of rotatable bonds is 3. The number of fused-ring (bicyclic) bond motifs is 1. The number of amides is 1. The van der Waals surface area contributed by atoms with Gasteiger partial charge in [-0.2, -0.15) is 0 Å². The summed E-state index contributed by atoms with van der Waals surface area (Å²) in [4.78, 5) is 14.5. The van der Waals surface area contributed by atoms with Crippen molar-refractivity contribution in [3.05, 3.63) is 29.8 Å². The zero-order valence-corrected chi connectivity index (χ0v) is 11.6. The molecule has 3 nitrogen and oxygen atoms in total. The van der Waals surface area contributed by atoms with E-state index in [1.807, 2.05) is 11.0 Å². The smallest absolute Gasteiger partial charge is 0.227 e. The van der Waals surface area contributed by atoms with E-state index in [1.54, 1.807) is 0 Å². The minimum Gasteiger partial charge on any atom is -0.314 e. The maximum Gasteiger partial charge on any atom is 0.227 e. The molecule has 2 atom stereocenters. The second-order valence-corrected chi connectivity index (χ2v) is 5.78. The first-order chi connectivity index (χ1) is 9.25. The van der Waals surface area contributed by atoms with Gasteiger partial charge in [0.05, 0.1) is 0 Å². The van der Waals surface area contributed by atoms with Gasteiger partial charge in [-0.25, -0.2) is 0 Å². The maximum absolute atomic E-state index is 12.5. The fourth-order valence-corrected chi connectivity index (χ4v) is 3.37. The number of hydrogen-bond donors (Lipinski definition) is 1. The molecule has 3 heteroatoms. The van der Waals surface area contributed by atoms with Crippen molar-refractivity contribution in [1.29, 1.82) is 0 Å². The Morgan fingerprint density at radius 1 is 1.42 bits per heavy atom. The van der Waals surface area contributed by atoms with Crippen LogP contribution in [-0.4, -0.2) is 24.5 Å². The maximum atomic E-state index is 12.5. The fraction of sp³-hybridized carbons (Fsp3) is 0.562. The first kappa shape index (κ1) is 12.7. The summed E-state index contributed by atoms with van der Waals surface area (Å²) < 4.78 is 0. The van der Waals surface area contributed by atoms with Gasteiger partial charge in [-0.1, -0.05) is 18.2 Å². The molecule has 3 rings (SSSR count). The van der Waals surface area contributed by atoms with Crippen LogP contribution in [0.3, 0.4) is 0 Å². The number of para-hydroxylation sites is 1. The van der Waals surface area contributed by atoms with E-state index in [4.69, 9.17) is 0 Å². The number of nitrogens with one attached hydrogen (secondary N) is 1. The summed E-state index contributed by atoms with van der Waals surface area (Å²) in [6, 6.07) is 9.15. The van der Waals surface area contributed by atoms with Crippen LogP contribution in [0, 0.1) is 0 Å². The number of hydrogen-bond acceptors (Lipinski definition) is 2. The lowest BCUT2D eigenvalue weighted by Gasteiger charge is -2.23. The van der Waals surface area contributed by atoms with Crippen LogP contribution in [0.1, 0.15) is 38.2 Å². The zero-order valence-electron chi connectivity index (χ0n) is 11.6. The molecular formula is C16H22N2O. The quantitative estimate of drug-likeness (QED) is 0.903. The number of nitrogens with zero attached hydrogens (tertiary/aromatic N) is 1. The molecule has 1 aromatic rings. The topological polar surface area (TPSA) is 32.3 Å². The third-order valence-electron chi connectivity index (χ3n) is 4.34. The molecule has 19 heavy (non-hydrogen) atoms. The van der Waals surface area contributed by atoms with Crippen LogP contribution >= 0.6 is 0 Å². The number of anilines is 1.